The number of carboxylic acid groups (broad SMARTS) is 1. The first-order chi connectivity index (χ1) is 17.1. The highest BCUT2D eigenvalue weighted by Gasteiger charge is 2.45. The van der Waals surface area contributed by atoms with E-state index in [1.807, 2.05) is 32.9 Å². The fourth-order valence-electron chi connectivity index (χ4n) is 5.47. The molecule has 3 aromatic carbocycles. The zero-order chi connectivity index (χ0) is 25.9. The molecule has 2 N–H and O–H groups in total. The molecule has 3 aromatic rings. The molecule has 0 spiro atoms. The zero-order valence-corrected chi connectivity index (χ0v) is 21.7. The van der Waals surface area contributed by atoms with E-state index in [1.54, 1.807) is 0 Å². The summed E-state index contributed by atoms with van der Waals surface area (Å²) in [5.74, 6) is -1.11. The van der Waals surface area contributed by atoms with Crippen LogP contribution in [0.2, 0.25) is 0 Å². The molecule has 1 saturated carbocycles. The van der Waals surface area contributed by atoms with Crippen molar-refractivity contribution in [2.75, 3.05) is 0 Å². The van der Waals surface area contributed by atoms with Crippen molar-refractivity contribution in [2.24, 2.45) is 5.92 Å². The van der Waals surface area contributed by atoms with Crippen LogP contribution in [0.15, 0.2) is 66.7 Å². The summed E-state index contributed by atoms with van der Waals surface area (Å²) < 4.78 is 5.75. The van der Waals surface area contributed by atoms with Crippen LogP contribution in [0.1, 0.15) is 76.1 Å². The van der Waals surface area contributed by atoms with Gasteiger partial charge in [0, 0.05) is 18.0 Å². The Morgan fingerprint density at radius 1 is 1.06 bits per heavy atom. The number of carboxylic acids is 1. The minimum Gasteiger partial charge on any atom is -0.481 e. The molecule has 0 radical (unpaired) electrons. The Bertz CT molecular complexity index is 1220. The maximum absolute atomic E-state index is 13.0. The first-order valence-corrected chi connectivity index (χ1v) is 12.9. The van der Waals surface area contributed by atoms with Gasteiger partial charge in [0.15, 0.2) is 0 Å². The standard InChI is InChI=1S/C31H37NO4/c1-21(26-11-7-9-23-8-5-6-10-27(23)26)32-31(19-18-24(20-31)29(35)36-30(2,3)4)25-15-12-22(13-16-25)14-17-28(33)34/h5-13,15-16,21,24,32H,14,17-20H2,1-4H3,(H,33,34)/t21-,24+,31-/m1/s1. The third-order valence-electron chi connectivity index (χ3n) is 7.17. The summed E-state index contributed by atoms with van der Waals surface area (Å²) >= 11 is 0. The van der Waals surface area contributed by atoms with Gasteiger partial charge in [-0.15, -0.1) is 0 Å². The molecule has 0 bridgehead atoms. The number of fused-ring (bicyclic) bond motifs is 1. The molecule has 190 valence electrons. The van der Waals surface area contributed by atoms with Gasteiger partial charge in [-0.1, -0.05) is 66.7 Å². The smallest absolute Gasteiger partial charge is 0.309 e. The van der Waals surface area contributed by atoms with Crippen LogP contribution in [0, 0.1) is 5.92 Å². The molecule has 1 fully saturated rings. The van der Waals surface area contributed by atoms with E-state index in [-0.39, 0.29) is 29.9 Å². The van der Waals surface area contributed by atoms with Crippen molar-refractivity contribution in [2.45, 2.75) is 77.0 Å². The molecule has 0 aromatic heterocycles. The highest BCUT2D eigenvalue weighted by atomic mass is 16.6. The highest BCUT2D eigenvalue weighted by Crippen LogP contribution is 2.45. The Hall–Kier alpha value is -3.18. The van der Waals surface area contributed by atoms with Gasteiger partial charge in [0.25, 0.3) is 0 Å². The van der Waals surface area contributed by atoms with Gasteiger partial charge in [-0.3, -0.25) is 9.59 Å². The van der Waals surface area contributed by atoms with E-state index >= 15 is 0 Å². The van der Waals surface area contributed by atoms with Crippen LogP contribution >= 0.6 is 0 Å². The second-order valence-corrected chi connectivity index (χ2v) is 11.1. The number of hydrogen-bond acceptors (Lipinski definition) is 4. The van der Waals surface area contributed by atoms with Crippen LogP contribution in [0.5, 0.6) is 0 Å². The van der Waals surface area contributed by atoms with Crippen LogP contribution in [0.4, 0.5) is 0 Å². The zero-order valence-electron chi connectivity index (χ0n) is 21.7. The average Bonchev–Trinajstić information content (AvgIpc) is 3.27. The summed E-state index contributed by atoms with van der Waals surface area (Å²) in [6, 6.07) is 23.1. The lowest BCUT2D eigenvalue weighted by atomic mass is 9.84. The van der Waals surface area contributed by atoms with Crippen LogP contribution in [0.25, 0.3) is 10.8 Å². The fourth-order valence-corrected chi connectivity index (χ4v) is 5.47. The van der Waals surface area contributed by atoms with Gasteiger partial charge in [-0.2, -0.15) is 0 Å². The van der Waals surface area contributed by atoms with Gasteiger partial charge in [0.05, 0.1) is 5.92 Å². The quantitative estimate of drug-likeness (QED) is 0.353. The summed E-state index contributed by atoms with van der Waals surface area (Å²) in [5.41, 5.74) is 2.45. The van der Waals surface area contributed by atoms with E-state index in [4.69, 9.17) is 9.84 Å². The summed E-state index contributed by atoms with van der Waals surface area (Å²) in [6.07, 6.45) is 2.85. The van der Waals surface area contributed by atoms with Gasteiger partial charge < -0.3 is 15.2 Å². The van der Waals surface area contributed by atoms with E-state index < -0.39 is 11.6 Å². The van der Waals surface area contributed by atoms with Crippen LogP contribution in [-0.2, 0) is 26.3 Å². The van der Waals surface area contributed by atoms with Crippen molar-refractivity contribution >= 4 is 22.7 Å². The molecule has 1 aliphatic rings. The third-order valence-corrected chi connectivity index (χ3v) is 7.17. The van der Waals surface area contributed by atoms with Crippen molar-refractivity contribution in [3.63, 3.8) is 0 Å². The molecule has 0 aliphatic heterocycles. The van der Waals surface area contributed by atoms with Crippen molar-refractivity contribution < 1.29 is 19.4 Å². The Morgan fingerprint density at radius 2 is 1.75 bits per heavy atom. The largest absolute Gasteiger partial charge is 0.481 e. The summed E-state index contributed by atoms with van der Waals surface area (Å²) in [7, 11) is 0. The molecule has 36 heavy (non-hydrogen) atoms. The van der Waals surface area contributed by atoms with Gasteiger partial charge in [0.1, 0.15) is 5.60 Å². The van der Waals surface area contributed by atoms with Crippen molar-refractivity contribution in [3.05, 3.63) is 83.4 Å². The second-order valence-electron chi connectivity index (χ2n) is 11.1. The van der Waals surface area contributed by atoms with E-state index in [0.29, 0.717) is 12.8 Å². The molecule has 4 rings (SSSR count). The fraction of sp³-hybridized carbons (Fsp3) is 0.419. The number of rotatable bonds is 8. The van der Waals surface area contributed by atoms with Crippen molar-refractivity contribution in [1.82, 2.24) is 5.32 Å². The molecular formula is C31H37NO4. The number of benzene rings is 3. The summed E-state index contributed by atoms with van der Waals surface area (Å²) in [4.78, 5) is 24.0. The maximum Gasteiger partial charge on any atom is 0.309 e. The van der Waals surface area contributed by atoms with Gasteiger partial charge in [-0.05, 0) is 80.8 Å². The minimum atomic E-state index is -0.794. The van der Waals surface area contributed by atoms with Gasteiger partial charge in [0.2, 0.25) is 0 Å². The number of carbonyl (C=O) groups is 2. The molecule has 3 atom stereocenters. The number of hydrogen-bond donors (Lipinski definition) is 2. The SMILES string of the molecule is C[C@@H](N[C@]1(c2ccc(CCC(=O)O)cc2)CC[C@H](C(=O)OC(C)(C)C)C1)c1cccc2ccccc12. The van der Waals surface area contributed by atoms with E-state index in [1.165, 1.54) is 16.3 Å². The van der Waals surface area contributed by atoms with Crippen LogP contribution in [0.3, 0.4) is 0 Å². The lowest BCUT2D eigenvalue weighted by molar-refractivity contribution is -0.160. The van der Waals surface area contributed by atoms with E-state index in [9.17, 15) is 9.59 Å². The number of ether oxygens (including phenoxy) is 1. The van der Waals surface area contributed by atoms with Gasteiger partial charge >= 0.3 is 11.9 Å². The van der Waals surface area contributed by atoms with Crippen LogP contribution < -0.4 is 5.32 Å². The molecule has 1 aliphatic carbocycles. The van der Waals surface area contributed by atoms with E-state index in [0.717, 1.165) is 24.0 Å². The predicted octanol–water partition coefficient (Wildman–Crippen LogP) is 6.54. The Morgan fingerprint density at radius 3 is 2.44 bits per heavy atom. The van der Waals surface area contributed by atoms with E-state index in [2.05, 4.69) is 66.8 Å². The molecule has 5 nitrogen and oxygen atoms in total. The number of esters is 1. The molecule has 0 heterocycles. The summed E-state index contributed by atoms with van der Waals surface area (Å²) in [5, 5.41) is 15.4. The van der Waals surface area contributed by atoms with Gasteiger partial charge in [-0.25, -0.2) is 0 Å². The average molecular weight is 488 g/mol. The molecule has 0 unspecified atom stereocenters. The Balaban J connectivity index is 1.64. The lowest BCUT2D eigenvalue weighted by Crippen LogP contribution is -2.42. The second kappa shape index (κ2) is 10.4. The maximum atomic E-state index is 13.0. The van der Waals surface area contributed by atoms with Crippen molar-refractivity contribution in [3.8, 4) is 0 Å². The monoisotopic (exact) mass is 487 g/mol. The first kappa shape index (κ1) is 25.9. The minimum absolute atomic E-state index is 0.0557. The Kier molecular flexibility index (Phi) is 7.51. The number of carbonyl (C=O) groups excluding carboxylic acids is 1. The Labute approximate surface area is 213 Å². The third kappa shape index (κ3) is 5.96. The van der Waals surface area contributed by atoms with Crippen LogP contribution in [-0.4, -0.2) is 22.6 Å². The molecule has 0 saturated heterocycles. The summed E-state index contributed by atoms with van der Waals surface area (Å²) in [6.45, 7) is 7.91. The first-order valence-electron chi connectivity index (χ1n) is 12.9. The highest BCUT2D eigenvalue weighted by molar-refractivity contribution is 5.86. The number of nitrogens with one attached hydrogen (secondary N) is 1. The number of aliphatic carboxylic acids is 1. The normalized spacial score (nSPS) is 20.8. The number of aryl methyl sites for hydroxylation is 1. The topological polar surface area (TPSA) is 75.6 Å². The predicted molar refractivity (Wildman–Crippen MR) is 143 cm³/mol. The lowest BCUT2D eigenvalue weighted by Gasteiger charge is -2.35. The molecule has 5 heteroatoms. The molecular weight excluding hydrogens is 450 g/mol. The van der Waals surface area contributed by atoms with Crippen molar-refractivity contribution in [1.29, 1.82) is 0 Å². The molecule has 0 amide bonds.